The fourth-order valence-electron chi connectivity index (χ4n) is 3.21. The predicted octanol–water partition coefficient (Wildman–Crippen LogP) is 6.71. The molecule has 0 amide bonds. The Morgan fingerprint density at radius 1 is 1.07 bits per heavy atom. The van der Waals surface area contributed by atoms with Gasteiger partial charge in [-0.3, -0.25) is 0 Å². The molecule has 1 unspecified atom stereocenters. The van der Waals surface area contributed by atoms with Crippen molar-refractivity contribution >= 4 is 23.2 Å². The Morgan fingerprint density at radius 2 is 1.83 bits per heavy atom. The van der Waals surface area contributed by atoms with Crippen LogP contribution in [0.2, 0.25) is 10.0 Å². The largest absolute Gasteiger partial charge is 0.372 e. The van der Waals surface area contributed by atoms with Crippen LogP contribution in [0.4, 0.5) is 0 Å². The molecular weight excluding hydrogens is 403 g/mol. The smallest absolute Gasteiger partial charge is 0.0946 e. The molecule has 3 rings (SSSR count). The second kappa shape index (κ2) is 9.80. The van der Waals surface area contributed by atoms with E-state index in [1.54, 1.807) is 12.3 Å². The molecule has 3 aromatic rings. The molecule has 0 aliphatic rings. The number of aromatic nitrogens is 2. The molecule has 0 saturated heterocycles. The van der Waals surface area contributed by atoms with Gasteiger partial charge in [0.25, 0.3) is 0 Å². The number of halogens is 2. The van der Waals surface area contributed by atoms with E-state index >= 15 is 0 Å². The van der Waals surface area contributed by atoms with Crippen LogP contribution in [0.15, 0.2) is 61.2 Å². The maximum atomic E-state index is 6.34. The van der Waals surface area contributed by atoms with Crippen LogP contribution >= 0.6 is 23.2 Å². The summed E-state index contributed by atoms with van der Waals surface area (Å²) < 4.78 is 8.35. The Kier molecular flexibility index (Phi) is 7.39. The summed E-state index contributed by atoms with van der Waals surface area (Å²) in [5.41, 5.74) is 3.75. The molecule has 5 heteroatoms. The molecule has 0 bridgehead atoms. The summed E-state index contributed by atoms with van der Waals surface area (Å²) in [6.45, 7) is 8.01. The molecule has 2 aromatic carbocycles. The van der Waals surface area contributed by atoms with Crippen molar-refractivity contribution in [2.24, 2.45) is 0 Å². The van der Waals surface area contributed by atoms with E-state index in [4.69, 9.17) is 27.9 Å². The summed E-state index contributed by atoms with van der Waals surface area (Å²) in [5.74, 6) is 0. The molecular formula is C24H28Cl2N2O. The van der Waals surface area contributed by atoms with Gasteiger partial charge in [0.05, 0.1) is 19.0 Å². The number of rotatable bonds is 8. The van der Waals surface area contributed by atoms with E-state index in [1.807, 2.05) is 24.7 Å². The molecule has 1 aromatic heterocycles. The number of hydrogen-bond donors (Lipinski definition) is 0. The summed E-state index contributed by atoms with van der Waals surface area (Å²) in [6, 6.07) is 14.4. The third-order valence-corrected chi connectivity index (χ3v) is 5.62. The van der Waals surface area contributed by atoms with Gasteiger partial charge in [-0.25, -0.2) is 4.98 Å². The van der Waals surface area contributed by atoms with Crippen LogP contribution in [0.25, 0.3) is 0 Å². The first-order chi connectivity index (χ1) is 13.8. The Bertz CT molecular complexity index is 900. The number of hydrogen-bond acceptors (Lipinski definition) is 2. The number of imidazole rings is 1. The first-order valence-corrected chi connectivity index (χ1v) is 10.7. The molecule has 0 radical (unpaired) electrons. The van der Waals surface area contributed by atoms with Gasteiger partial charge < -0.3 is 9.30 Å². The van der Waals surface area contributed by atoms with Crippen molar-refractivity contribution in [3.8, 4) is 0 Å². The highest BCUT2D eigenvalue weighted by molar-refractivity contribution is 6.35. The quantitative estimate of drug-likeness (QED) is 0.397. The first-order valence-electron chi connectivity index (χ1n) is 9.92. The van der Waals surface area contributed by atoms with Crippen LogP contribution in [0, 0.1) is 0 Å². The summed E-state index contributed by atoms with van der Waals surface area (Å²) in [6.07, 6.45) is 7.32. The van der Waals surface area contributed by atoms with Crippen molar-refractivity contribution in [3.63, 3.8) is 0 Å². The molecule has 1 heterocycles. The first kappa shape index (κ1) is 21.9. The van der Waals surface area contributed by atoms with E-state index in [1.165, 1.54) is 11.1 Å². The Balaban J connectivity index is 1.63. The summed E-state index contributed by atoms with van der Waals surface area (Å²) >= 11 is 12.4. The molecule has 0 aliphatic heterocycles. The van der Waals surface area contributed by atoms with Crippen molar-refractivity contribution in [3.05, 3.63) is 87.9 Å². The van der Waals surface area contributed by atoms with Gasteiger partial charge in [-0.2, -0.15) is 0 Å². The van der Waals surface area contributed by atoms with Crippen molar-refractivity contribution in [1.29, 1.82) is 0 Å². The molecule has 154 valence electrons. The Labute approximate surface area is 183 Å². The van der Waals surface area contributed by atoms with Gasteiger partial charge in [-0.15, -0.1) is 0 Å². The molecule has 0 N–H and O–H groups in total. The molecule has 0 spiro atoms. The predicted molar refractivity (Wildman–Crippen MR) is 121 cm³/mol. The molecule has 0 fully saturated rings. The lowest BCUT2D eigenvalue weighted by molar-refractivity contribution is 0.0239. The fraction of sp³-hybridized carbons (Fsp3) is 0.375. The van der Waals surface area contributed by atoms with Crippen LogP contribution in [-0.4, -0.2) is 15.7 Å². The topological polar surface area (TPSA) is 27.1 Å². The second-order valence-corrected chi connectivity index (χ2v) is 9.26. The van der Waals surface area contributed by atoms with E-state index in [0.29, 0.717) is 16.7 Å². The minimum Gasteiger partial charge on any atom is -0.372 e. The lowest BCUT2D eigenvalue weighted by atomic mass is 9.87. The van der Waals surface area contributed by atoms with E-state index < -0.39 is 0 Å². The SMILES string of the molecule is CC(C)(C)c1ccc(COC(CCc2ccc(Cl)cc2Cl)Cn2ccnc2)cc1. The van der Waals surface area contributed by atoms with Gasteiger partial charge in [0.15, 0.2) is 0 Å². The normalized spacial score (nSPS) is 12.9. The van der Waals surface area contributed by atoms with Gasteiger partial charge >= 0.3 is 0 Å². The summed E-state index contributed by atoms with van der Waals surface area (Å²) in [7, 11) is 0. The Morgan fingerprint density at radius 3 is 2.45 bits per heavy atom. The van der Waals surface area contributed by atoms with Gasteiger partial charge in [-0.1, -0.05) is 74.3 Å². The van der Waals surface area contributed by atoms with E-state index in [9.17, 15) is 0 Å². The molecule has 0 aliphatic carbocycles. The molecule has 3 nitrogen and oxygen atoms in total. The van der Waals surface area contributed by atoms with Crippen LogP contribution in [0.3, 0.4) is 0 Å². The average molecular weight is 431 g/mol. The van der Waals surface area contributed by atoms with Gasteiger partial charge in [-0.05, 0) is 47.1 Å². The van der Waals surface area contributed by atoms with Crippen LogP contribution < -0.4 is 0 Å². The third kappa shape index (κ3) is 6.60. The number of aryl methyl sites for hydroxylation is 1. The highest BCUT2D eigenvalue weighted by atomic mass is 35.5. The summed E-state index contributed by atoms with van der Waals surface area (Å²) in [5, 5.41) is 1.36. The van der Waals surface area contributed by atoms with Crippen molar-refractivity contribution < 1.29 is 4.74 Å². The van der Waals surface area contributed by atoms with Gasteiger partial charge in [0.1, 0.15) is 0 Å². The maximum Gasteiger partial charge on any atom is 0.0946 e. The number of nitrogens with zero attached hydrogens (tertiary/aromatic N) is 2. The monoisotopic (exact) mass is 430 g/mol. The minimum absolute atomic E-state index is 0.0539. The number of benzene rings is 2. The van der Waals surface area contributed by atoms with Gasteiger partial charge in [0.2, 0.25) is 0 Å². The zero-order valence-electron chi connectivity index (χ0n) is 17.2. The molecule has 29 heavy (non-hydrogen) atoms. The minimum atomic E-state index is 0.0539. The van der Waals surface area contributed by atoms with Crippen LogP contribution in [-0.2, 0) is 29.7 Å². The highest BCUT2D eigenvalue weighted by Gasteiger charge is 2.15. The van der Waals surface area contributed by atoms with Crippen molar-refractivity contribution in [1.82, 2.24) is 9.55 Å². The maximum absolute atomic E-state index is 6.34. The highest BCUT2D eigenvalue weighted by Crippen LogP contribution is 2.24. The van der Waals surface area contributed by atoms with Crippen molar-refractivity contribution in [2.75, 3.05) is 0 Å². The standard InChI is InChI=1S/C24H28Cl2N2O/c1-24(2,3)20-8-4-18(5-9-20)16-29-22(15-28-13-12-27-17-28)11-7-19-6-10-21(25)14-23(19)26/h4-6,8-10,12-14,17,22H,7,11,15-16H2,1-3H3. The third-order valence-electron chi connectivity index (χ3n) is 5.03. The van der Waals surface area contributed by atoms with E-state index in [0.717, 1.165) is 24.9 Å². The molecule has 0 saturated carbocycles. The lowest BCUT2D eigenvalue weighted by Gasteiger charge is -2.21. The summed E-state index contributed by atoms with van der Waals surface area (Å²) in [4.78, 5) is 4.14. The van der Waals surface area contributed by atoms with E-state index in [-0.39, 0.29) is 11.5 Å². The average Bonchev–Trinajstić information content (AvgIpc) is 3.18. The van der Waals surface area contributed by atoms with Crippen LogP contribution in [0.5, 0.6) is 0 Å². The molecule has 1 atom stereocenters. The Hall–Kier alpha value is -1.81. The lowest BCUT2D eigenvalue weighted by Crippen LogP contribution is -2.20. The van der Waals surface area contributed by atoms with Crippen LogP contribution in [0.1, 0.15) is 43.9 Å². The second-order valence-electron chi connectivity index (χ2n) is 8.41. The number of ether oxygens (including phenoxy) is 1. The van der Waals surface area contributed by atoms with Crippen molar-refractivity contribution in [2.45, 2.75) is 58.3 Å². The zero-order chi connectivity index (χ0) is 20.9. The zero-order valence-corrected chi connectivity index (χ0v) is 18.7. The van der Waals surface area contributed by atoms with Gasteiger partial charge in [0, 0.05) is 29.0 Å². The van der Waals surface area contributed by atoms with E-state index in [2.05, 4.69) is 54.6 Å². The fourth-order valence-corrected chi connectivity index (χ4v) is 3.72.